The quantitative estimate of drug-likeness (QED) is 0.590. The fraction of sp³-hybridized carbons (Fsp3) is 0.250. The summed E-state index contributed by atoms with van der Waals surface area (Å²) < 4.78 is 61.1. The molecule has 0 bridgehead atoms. The molecule has 0 aliphatic heterocycles. The lowest BCUT2D eigenvalue weighted by Gasteiger charge is -2.13. The smallest absolute Gasteiger partial charge is 0.397 e. The van der Waals surface area contributed by atoms with Crippen molar-refractivity contribution in [3.8, 4) is 0 Å². The van der Waals surface area contributed by atoms with Crippen LogP contribution < -0.4 is 5.73 Å². The van der Waals surface area contributed by atoms with Crippen LogP contribution in [-0.2, 0) is 6.18 Å². The van der Waals surface area contributed by atoms with E-state index in [0.717, 1.165) is 0 Å². The Morgan fingerprint density at radius 3 is 2.13 bits per heavy atom. The average molecular weight is 246 g/mol. The van der Waals surface area contributed by atoms with Gasteiger partial charge in [-0.05, 0) is 6.07 Å². The van der Waals surface area contributed by atoms with Gasteiger partial charge in [0.2, 0.25) is 0 Å². The lowest BCUT2D eigenvalue weighted by Crippen LogP contribution is -2.10. The highest BCUT2D eigenvalue weighted by Gasteiger charge is 2.34. The molecule has 0 saturated heterocycles. The predicted molar refractivity (Wildman–Crippen MR) is 45.8 cm³/mol. The van der Waals surface area contributed by atoms with Crippen molar-refractivity contribution in [2.75, 3.05) is 5.73 Å². The number of anilines is 1. The predicted octanol–water partition coefficient (Wildman–Crippen LogP) is 3.88. The Balaban J connectivity index is 3.34. The van der Waals surface area contributed by atoms with Gasteiger partial charge in [-0.15, -0.1) is 0 Å². The maximum Gasteiger partial charge on any atom is 0.418 e. The Morgan fingerprint density at radius 2 is 1.73 bits per heavy atom. The standard InChI is InChI=1S/C8H5ClF5N/c9-5-3(7(10)11)1-2-4(6(5)15)8(12,13)14/h1-2,7H,15H2. The number of halogens is 6. The van der Waals surface area contributed by atoms with E-state index < -0.39 is 34.4 Å². The van der Waals surface area contributed by atoms with Crippen molar-refractivity contribution in [2.24, 2.45) is 0 Å². The highest BCUT2D eigenvalue weighted by atomic mass is 35.5. The Labute approximate surface area is 86.6 Å². The molecule has 0 unspecified atom stereocenters. The summed E-state index contributed by atoms with van der Waals surface area (Å²) in [7, 11) is 0. The summed E-state index contributed by atoms with van der Waals surface area (Å²) in [6.07, 6.45) is -7.66. The number of rotatable bonds is 1. The van der Waals surface area contributed by atoms with Gasteiger partial charge in [-0.1, -0.05) is 17.7 Å². The third-order valence-electron chi connectivity index (χ3n) is 1.75. The second kappa shape index (κ2) is 3.84. The number of nitrogen functional groups attached to an aromatic ring is 1. The molecule has 0 aliphatic rings. The van der Waals surface area contributed by atoms with Crippen LogP contribution in [0.25, 0.3) is 0 Å². The van der Waals surface area contributed by atoms with Crippen LogP contribution in [0.5, 0.6) is 0 Å². The Hall–Kier alpha value is -1.04. The molecule has 0 heterocycles. The van der Waals surface area contributed by atoms with E-state index >= 15 is 0 Å². The molecule has 0 aromatic heterocycles. The van der Waals surface area contributed by atoms with Gasteiger partial charge in [0.1, 0.15) is 0 Å². The topological polar surface area (TPSA) is 26.0 Å². The number of nitrogens with two attached hydrogens (primary N) is 1. The molecule has 84 valence electrons. The van der Waals surface area contributed by atoms with Crippen LogP contribution >= 0.6 is 11.6 Å². The first-order chi connectivity index (χ1) is 6.75. The van der Waals surface area contributed by atoms with Gasteiger partial charge in [0.05, 0.1) is 16.3 Å². The van der Waals surface area contributed by atoms with Crippen molar-refractivity contribution in [1.82, 2.24) is 0 Å². The number of alkyl halides is 5. The number of benzene rings is 1. The van der Waals surface area contributed by atoms with Gasteiger partial charge in [0, 0.05) is 5.56 Å². The van der Waals surface area contributed by atoms with E-state index in [1.54, 1.807) is 0 Å². The van der Waals surface area contributed by atoms with E-state index in [0.29, 0.717) is 12.1 Å². The zero-order valence-corrected chi connectivity index (χ0v) is 7.83. The van der Waals surface area contributed by atoms with Crippen molar-refractivity contribution in [1.29, 1.82) is 0 Å². The Kier molecular flexibility index (Phi) is 3.08. The molecular formula is C8H5ClF5N. The van der Waals surface area contributed by atoms with Crippen LogP contribution in [0.15, 0.2) is 12.1 Å². The highest BCUT2D eigenvalue weighted by molar-refractivity contribution is 6.34. The average Bonchev–Trinajstić information content (AvgIpc) is 2.06. The molecule has 0 saturated carbocycles. The first kappa shape index (κ1) is 12.0. The van der Waals surface area contributed by atoms with Gasteiger partial charge >= 0.3 is 6.18 Å². The minimum atomic E-state index is -4.70. The molecule has 0 fully saturated rings. The van der Waals surface area contributed by atoms with Crippen LogP contribution in [-0.4, -0.2) is 0 Å². The number of hydrogen-bond acceptors (Lipinski definition) is 1. The summed E-state index contributed by atoms with van der Waals surface area (Å²) in [5.41, 5.74) is 2.23. The second-order valence-corrected chi connectivity index (χ2v) is 3.11. The summed E-state index contributed by atoms with van der Waals surface area (Å²) in [6, 6.07) is 1.11. The first-order valence-electron chi connectivity index (χ1n) is 3.68. The molecule has 0 spiro atoms. The zero-order chi connectivity index (χ0) is 11.8. The largest absolute Gasteiger partial charge is 0.418 e. The van der Waals surface area contributed by atoms with Gasteiger partial charge in [-0.2, -0.15) is 13.2 Å². The van der Waals surface area contributed by atoms with Crippen LogP contribution in [0.1, 0.15) is 17.6 Å². The minimum absolute atomic E-state index is 0.489. The van der Waals surface area contributed by atoms with Crippen LogP contribution in [0.3, 0.4) is 0 Å². The molecule has 1 rings (SSSR count). The van der Waals surface area contributed by atoms with E-state index in [1.165, 1.54) is 0 Å². The molecule has 1 aromatic rings. The third kappa shape index (κ3) is 2.31. The molecule has 15 heavy (non-hydrogen) atoms. The zero-order valence-electron chi connectivity index (χ0n) is 7.08. The summed E-state index contributed by atoms with van der Waals surface area (Å²) in [5.74, 6) is 0. The monoisotopic (exact) mass is 245 g/mol. The molecule has 1 aromatic carbocycles. The van der Waals surface area contributed by atoms with Crippen LogP contribution in [0.4, 0.5) is 27.6 Å². The lowest BCUT2D eigenvalue weighted by atomic mass is 10.1. The van der Waals surface area contributed by atoms with Crippen molar-refractivity contribution < 1.29 is 22.0 Å². The molecular weight excluding hydrogens is 241 g/mol. The van der Waals surface area contributed by atoms with Crippen molar-refractivity contribution >= 4 is 17.3 Å². The fourth-order valence-corrected chi connectivity index (χ4v) is 1.27. The van der Waals surface area contributed by atoms with Gasteiger partial charge < -0.3 is 5.73 Å². The van der Waals surface area contributed by atoms with E-state index in [4.69, 9.17) is 17.3 Å². The van der Waals surface area contributed by atoms with E-state index in [9.17, 15) is 22.0 Å². The molecule has 0 aliphatic carbocycles. The highest BCUT2D eigenvalue weighted by Crippen LogP contribution is 2.40. The summed E-state index contributed by atoms with van der Waals surface area (Å²) in [4.78, 5) is 0. The fourth-order valence-electron chi connectivity index (χ4n) is 1.03. The first-order valence-corrected chi connectivity index (χ1v) is 4.06. The van der Waals surface area contributed by atoms with Crippen molar-refractivity contribution in [3.63, 3.8) is 0 Å². The van der Waals surface area contributed by atoms with Crippen molar-refractivity contribution in [2.45, 2.75) is 12.6 Å². The molecule has 2 N–H and O–H groups in total. The minimum Gasteiger partial charge on any atom is -0.397 e. The Morgan fingerprint density at radius 1 is 1.20 bits per heavy atom. The van der Waals surface area contributed by atoms with Crippen LogP contribution in [0.2, 0.25) is 5.02 Å². The molecule has 1 nitrogen and oxygen atoms in total. The lowest BCUT2D eigenvalue weighted by molar-refractivity contribution is -0.136. The molecule has 7 heteroatoms. The van der Waals surface area contributed by atoms with Gasteiger partial charge in [0.25, 0.3) is 6.43 Å². The van der Waals surface area contributed by atoms with Gasteiger partial charge in [0.15, 0.2) is 0 Å². The van der Waals surface area contributed by atoms with E-state index in [1.807, 2.05) is 0 Å². The van der Waals surface area contributed by atoms with E-state index in [2.05, 4.69) is 0 Å². The summed E-state index contributed by atoms with van der Waals surface area (Å²) in [6.45, 7) is 0. The second-order valence-electron chi connectivity index (χ2n) is 2.73. The van der Waals surface area contributed by atoms with Crippen molar-refractivity contribution in [3.05, 3.63) is 28.3 Å². The number of hydrogen-bond donors (Lipinski definition) is 1. The van der Waals surface area contributed by atoms with Crippen LogP contribution in [0, 0.1) is 0 Å². The normalized spacial score (nSPS) is 12.2. The van der Waals surface area contributed by atoms with Gasteiger partial charge in [-0.25, -0.2) is 8.78 Å². The SMILES string of the molecule is Nc1c(C(F)(F)F)ccc(C(F)F)c1Cl. The Bertz CT molecular complexity index is 374. The molecule has 0 atom stereocenters. The third-order valence-corrected chi connectivity index (χ3v) is 2.17. The van der Waals surface area contributed by atoms with Gasteiger partial charge in [-0.3, -0.25) is 0 Å². The summed E-state index contributed by atoms with van der Waals surface area (Å²) >= 11 is 5.29. The van der Waals surface area contributed by atoms with E-state index in [-0.39, 0.29) is 0 Å². The maximum atomic E-state index is 12.2. The maximum absolute atomic E-state index is 12.2. The summed E-state index contributed by atoms with van der Waals surface area (Å²) in [5, 5.41) is -0.750. The molecule has 0 amide bonds. The molecule has 0 radical (unpaired) electrons.